The summed E-state index contributed by atoms with van der Waals surface area (Å²) in [5.74, 6) is 1.24. The van der Waals surface area contributed by atoms with E-state index >= 15 is 0 Å². The molecule has 0 aliphatic rings. The molecular weight excluding hydrogens is 436 g/mol. The third-order valence-electron chi connectivity index (χ3n) is 5.44. The van der Waals surface area contributed by atoms with Gasteiger partial charge in [-0.3, -0.25) is 0 Å². The molecule has 0 atom stereocenters. The van der Waals surface area contributed by atoms with E-state index in [1.165, 1.54) is 0 Å². The number of nitrogens with two attached hydrogens (primary N) is 2. The number of ether oxygens (including phenoxy) is 2. The van der Waals surface area contributed by atoms with Gasteiger partial charge in [-0.25, -0.2) is 4.98 Å². The van der Waals surface area contributed by atoms with Gasteiger partial charge < -0.3 is 26.3 Å². The highest BCUT2D eigenvalue weighted by Crippen LogP contribution is 2.35. The molecule has 33 heavy (non-hydrogen) atoms. The molecule has 3 rings (SSSR count). The molecule has 0 bridgehead atoms. The topological polar surface area (TPSA) is 95.4 Å². The number of benzene rings is 2. The molecule has 1 heterocycles. The first-order valence-corrected chi connectivity index (χ1v) is 10.9. The maximum absolute atomic E-state index is 6.47. The summed E-state index contributed by atoms with van der Waals surface area (Å²) < 4.78 is 10.8. The molecule has 1 aromatic heterocycles. The highest BCUT2D eigenvalue weighted by Gasteiger charge is 2.12. The number of hydrogen-bond donors (Lipinski definition) is 3. The molecule has 172 valence electrons. The Balaban J connectivity index is 1.79. The summed E-state index contributed by atoms with van der Waals surface area (Å²) in [7, 11) is 3.22. The van der Waals surface area contributed by atoms with Gasteiger partial charge >= 0.3 is 0 Å². The van der Waals surface area contributed by atoms with Gasteiger partial charge in [0.1, 0.15) is 5.76 Å². The second-order valence-corrected chi connectivity index (χ2v) is 7.79. The Morgan fingerprint density at radius 2 is 1.88 bits per heavy atom. The Kier molecular flexibility index (Phi) is 8.22. The maximum Gasteiger partial charge on any atom is 0.214 e. The second-order valence-electron chi connectivity index (χ2n) is 7.41. The first kappa shape index (κ1) is 24.0. The van der Waals surface area contributed by atoms with Crippen molar-refractivity contribution in [2.45, 2.75) is 13.3 Å². The predicted octanol–water partition coefficient (Wildman–Crippen LogP) is 5.33. The van der Waals surface area contributed by atoms with Crippen LogP contribution in [-0.4, -0.2) is 25.7 Å². The Morgan fingerprint density at radius 3 is 2.61 bits per heavy atom. The van der Waals surface area contributed by atoms with Gasteiger partial charge in [0.15, 0.2) is 0 Å². The van der Waals surface area contributed by atoms with Crippen LogP contribution in [-0.2, 0) is 11.2 Å². The first-order chi connectivity index (χ1) is 16.0. The van der Waals surface area contributed by atoms with Gasteiger partial charge in [0.05, 0.1) is 24.9 Å². The summed E-state index contributed by atoms with van der Waals surface area (Å²) in [5, 5.41) is 3.89. The third-order valence-corrected chi connectivity index (χ3v) is 5.86. The van der Waals surface area contributed by atoms with E-state index in [0.29, 0.717) is 35.3 Å². The number of halogens is 1. The van der Waals surface area contributed by atoms with Gasteiger partial charge in [0.2, 0.25) is 5.88 Å². The van der Waals surface area contributed by atoms with Crippen LogP contribution >= 0.6 is 11.6 Å². The van der Waals surface area contributed by atoms with Crippen molar-refractivity contribution in [1.82, 2.24) is 4.98 Å². The molecule has 0 amide bonds. The van der Waals surface area contributed by atoms with E-state index in [-0.39, 0.29) is 0 Å². The van der Waals surface area contributed by atoms with Crippen molar-refractivity contribution >= 4 is 23.0 Å². The standard InChI is InChI=1S/C26H29ClN4O2/c1-17-18(6-4-7-21(17)22-8-5-9-23(29)26(22)27)10-11-24(32-2)19(15-28)16-31-20-12-13-30-25(14-20)33-3/h4-9,11-15H,10,16,28-29H2,1-3H3,(H,30,31)/b19-15-,24-11+. The predicted molar refractivity (Wildman–Crippen MR) is 136 cm³/mol. The highest BCUT2D eigenvalue weighted by atomic mass is 35.5. The number of anilines is 2. The zero-order valence-electron chi connectivity index (χ0n) is 19.1. The molecule has 0 radical (unpaired) electrons. The lowest BCUT2D eigenvalue weighted by Gasteiger charge is -2.15. The molecule has 6 nitrogen and oxygen atoms in total. The third kappa shape index (κ3) is 5.79. The average Bonchev–Trinajstić information content (AvgIpc) is 2.84. The zero-order valence-corrected chi connectivity index (χ0v) is 19.8. The van der Waals surface area contributed by atoms with E-state index < -0.39 is 0 Å². The van der Waals surface area contributed by atoms with Crippen LogP contribution in [0.2, 0.25) is 5.02 Å². The van der Waals surface area contributed by atoms with Gasteiger partial charge in [0.25, 0.3) is 0 Å². The number of methoxy groups -OCH3 is 2. The van der Waals surface area contributed by atoms with Crippen LogP contribution in [0.3, 0.4) is 0 Å². The molecule has 0 saturated heterocycles. The van der Waals surface area contributed by atoms with Crippen LogP contribution in [0.25, 0.3) is 11.1 Å². The quantitative estimate of drug-likeness (QED) is 0.225. The van der Waals surface area contributed by atoms with E-state index in [4.69, 9.17) is 32.5 Å². The van der Waals surface area contributed by atoms with Gasteiger partial charge in [-0.05, 0) is 48.2 Å². The minimum atomic E-state index is 0.487. The van der Waals surface area contributed by atoms with Crippen molar-refractivity contribution in [2.24, 2.45) is 5.73 Å². The molecule has 7 heteroatoms. The number of rotatable bonds is 9. The fourth-order valence-corrected chi connectivity index (χ4v) is 3.79. The van der Waals surface area contributed by atoms with Gasteiger partial charge in [-0.2, -0.15) is 0 Å². The van der Waals surface area contributed by atoms with Crippen LogP contribution in [0.4, 0.5) is 11.4 Å². The monoisotopic (exact) mass is 464 g/mol. The number of pyridine rings is 1. The number of nitrogens with zero attached hydrogens (tertiary/aromatic N) is 1. The number of hydrogen-bond acceptors (Lipinski definition) is 6. The van der Waals surface area contributed by atoms with E-state index in [9.17, 15) is 0 Å². The fraction of sp³-hybridized carbons (Fsp3) is 0.192. The minimum Gasteiger partial charge on any atom is -0.497 e. The molecule has 0 spiro atoms. The molecule has 3 aromatic rings. The molecule has 5 N–H and O–H groups in total. The summed E-state index contributed by atoms with van der Waals surface area (Å²) in [6.07, 6.45) is 5.93. The van der Waals surface area contributed by atoms with Crippen LogP contribution in [0.5, 0.6) is 5.88 Å². The van der Waals surface area contributed by atoms with Crippen LogP contribution < -0.4 is 21.5 Å². The van der Waals surface area contributed by atoms with E-state index in [0.717, 1.165) is 33.5 Å². The smallest absolute Gasteiger partial charge is 0.214 e. The first-order valence-electron chi connectivity index (χ1n) is 10.5. The number of allylic oxidation sites excluding steroid dienone is 1. The van der Waals surface area contributed by atoms with Crippen molar-refractivity contribution in [3.05, 3.63) is 94.5 Å². The second kappa shape index (κ2) is 11.3. The molecule has 0 aliphatic carbocycles. The van der Waals surface area contributed by atoms with E-state index in [1.54, 1.807) is 32.7 Å². The fourth-order valence-electron chi connectivity index (χ4n) is 3.56. The SMILES string of the molecule is COC(=C/Cc1cccc(-c2cccc(N)c2Cl)c1C)/C(=C\N)CNc1ccnc(OC)c1. The normalized spacial score (nSPS) is 11.9. The highest BCUT2D eigenvalue weighted by molar-refractivity contribution is 6.35. The maximum atomic E-state index is 6.47. The summed E-state index contributed by atoms with van der Waals surface area (Å²) in [5.41, 5.74) is 18.5. The number of nitrogens with one attached hydrogen (secondary N) is 1. The zero-order chi connectivity index (χ0) is 23.8. The molecule has 0 unspecified atom stereocenters. The van der Waals surface area contributed by atoms with Crippen LogP contribution in [0, 0.1) is 6.92 Å². The minimum absolute atomic E-state index is 0.487. The molecule has 2 aromatic carbocycles. The Labute approximate surface area is 199 Å². The summed E-state index contributed by atoms with van der Waals surface area (Å²) in [6, 6.07) is 15.6. The Morgan fingerprint density at radius 1 is 1.12 bits per heavy atom. The van der Waals surface area contributed by atoms with E-state index in [2.05, 4.69) is 29.4 Å². The van der Waals surface area contributed by atoms with Crippen molar-refractivity contribution in [3.63, 3.8) is 0 Å². The Bertz CT molecular complexity index is 1170. The van der Waals surface area contributed by atoms with Gasteiger partial charge in [0, 0.05) is 41.8 Å². The summed E-state index contributed by atoms with van der Waals surface area (Å²) in [6.45, 7) is 2.57. The largest absolute Gasteiger partial charge is 0.497 e. The molecule has 0 aliphatic heterocycles. The molecular formula is C26H29ClN4O2. The Hall–Kier alpha value is -3.64. The lowest BCUT2D eigenvalue weighted by atomic mass is 9.94. The van der Waals surface area contributed by atoms with Crippen molar-refractivity contribution in [1.29, 1.82) is 0 Å². The molecule has 0 fully saturated rings. The van der Waals surface area contributed by atoms with E-state index in [1.807, 2.05) is 36.4 Å². The van der Waals surface area contributed by atoms with Gasteiger partial charge in [-0.1, -0.05) is 41.9 Å². The lowest BCUT2D eigenvalue weighted by Crippen LogP contribution is -2.10. The van der Waals surface area contributed by atoms with Crippen LogP contribution in [0.15, 0.2) is 78.3 Å². The lowest BCUT2D eigenvalue weighted by molar-refractivity contribution is 0.298. The van der Waals surface area contributed by atoms with Crippen LogP contribution in [0.1, 0.15) is 11.1 Å². The van der Waals surface area contributed by atoms with Gasteiger partial charge in [-0.15, -0.1) is 0 Å². The summed E-state index contributed by atoms with van der Waals surface area (Å²) in [4.78, 5) is 4.11. The van der Waals surface area contributed by atoms with Crippen molar-refractivity contribution < 1.29 is 9.47 Å². The number of aromatic nitrogens is 1. The average molecular weight is 465 g/mol. The van der Waals surface area contributed by atoms with Crippen molar-refractivity contribution in [3.8, 4) is 17.0 Å². The summed E-state index contributed by atoms with van der Waals surface area (Å²) >= 11 is 6.47. The number of nitrogen functional groups attached to an aromatic ring is 1. The molecule has 0 saturated carbocycles. The van der Waals surface area contributed by atoms with Crippen molar-refractivity contribution in [2.75, 3.05) is 31.8 Å².